The summed E-state index contributed by atoms with van der Waals surface area (Å²) in [7, 11) is 0. The van der Waals surface area contributed by atoms with Crippen molar-refractivity contribution >= 4 is 6.08 Å². The van der Waals surface area contributed by atoms with Gasteiger partial charge < -0.3 is 4.74 Å². The molecule has 0 spiro atoms. The molecule has 20 heavy (non-hydrogen) atoms. The molecule has 3 aliphatic rings. The zero-order valence-corrected chi connectivity index (χ0v) is 12.9. The summed E-state index contributed by atoms with van der Waals surface area (Å²) >= 11 is 0. The van der Waals surface area contributed by atoms with Gasteiger partial charge in [0.1, 0.15) is 0 Å². The van der Waals surface area contributed by atoms with E-state index in [4.69, 9.17) is 4.74 Å². The molecule has 0 aromatic heterocycles. The van der Waals surface area contributed by atoms with E-state index in [0.29, 0.717) is 17.4 Å². The van der Waals surface area contributed by atoms with E-state index in [0.717, 1.165) is 18.4 Å². The molecule has 4 unspecified atom stereocenters. The number of hydrogen-bond donors (Lipinski definition) is 0. The Morgan fingerprint density at radius 1 is 1.25 bits per heavy atom. The lowest BCUT2D eigenvalue weighted by Gasteiger charge is -2.61. The van der Waals surface area contributed by atoms with Crippen molar-refractivity contribution in [2.45, 2.75) is 46.3 Å². The predicted octanol–water partition coefficient (Wildman–Crippen LogP) is 4.92. The van der Waals surface area contributed by atoms with Crippen LogP contribution >= 0.6 is 0 Å². The second-order valence-corrected chi connectivity index (χ2v) is 7.25. The lowest BCUT2D eigenvalue weighted by Crippen LogP contribution is -2.57. The maximum atomic E-state index is 6.22. The molecule has 0 radical (unpaired) electrons. The molecule has 1 heteroatoms. The van der Waals surface area contributed by atoms with E-state index in [1.54, 1.807) is 0 Å². The van der Waals surface area contributed by atoms with E-state index in [9.17, 15) is 0 Å². The average molecular weight is 270 g/mol. The van der Waals surface area contributed by atoms with Gasteiger partial charge in [-0.3, -0.25) is 0 Å². The summed E-state index contributed by atoms with van der Waals surface area (Å²) in [6, 6.07) is 8.51. The Bertz CT molecular complexity index is 485. The van der Waals surface area contributed by atoms with Gasteiger partial charge in [-0.15, -0.1) is 0 Å². The molecule has 0 aliphatic heterocycles. The van der Waals surface area contributed by atoms with Gasteiger partial charge in [-0.2, -0.15) is 0 Å². The van der Waals surface area contributed by atoms with E-state index < -0.39 is 0 Å². The van der Waals surface area contributed by atoms with Gasteiger partial charge in [0.2, 0.25) is 0 Å². The minimum Gasteiger partial charge on any atom is -0.373 e. The lowest BCUT2D eigenvalue weighted by molar-refractivity contribution is -0.175. The van der Waals surface area contributed by atoms with Crippen LogP contribution in [0.1, 0.15) is 44.7 Å². The highest BCUT2D eigenvalue weighted by atomic mass is 16.5. The molecule has 3 aliphatic carbocycles. The zero-order valence-electron chi connectivity index (χ0n) is 12.9. The van der Waals surface area contributed by atoms with Gasteiger partial charge in [0.25, 0.3) is 0 Å². The zero-order chi connectivity index (χ0) is 14.3. The first kappa shape index (κ1) is 13.9. The van der Waals surface area contributed by atoms with Crippen LogP contribution in [0.3, 0.4) is 0 Å². The molecule has 3 saturated carbocycles. The van der Waals surface area contributed by atoms with Crippen LogP contribution in [0.2, 0.25) is 0 Å². The Morgan fingerprint density at radius 3 is 2.50 bits per heavy atom. The molecule has 0 heterocycles. The molecule has 2 bridgehead atoms. The first-order chi connectivity index (χ1) is 9.52. The number of hydrogen-bond acceptors (Lipinski definition) is 1. The third-order valence-corrected chi connectivity index (χ3v) is 5.96. The van der Waals surface area contributed by atoms with Crippen LogP contribution in [-0.4, -0.2) is 6.10 Å². The van der Waals surface area contributed by atoms with E-state index in [1.807, 2.05) is 6.08 Å². The average Bonchev–Trinajstić information content (AvgIpc) is 2.46. The monoisotopic (exact) mass is 270 g/mol. The third kappa shape index (κ3) is 2.22. The first-order valence-corrected chi connectivity index (χ1v) is 7.85. The molecular weight excluding hydrogens is 244 g/mol. The van der Waals surface area contributed by atoms with Crippen molar-refractivity contribution in [2.24, 2.45) is 23.2 Å². The summed E-state index contributed by atoms with van der Waals surface area (Å²) in [5, 5.41) is 0. The van der Waals surface area contributed by atoms with Crippen molar-refractivity contribution in [1.29, 1.82) is 0 Å². The van der Waals surface area contributed by atoms with Gasteiger partial charge in [-0.1, -0.05) is 57.7 Å². The Kier molecular flexibility index (Phi) is 3.50. The molecule has 1 nitrogen and oxygen atoms in total. The normalized spacial score (nSPS) is 34.4. The topological polar surface area (TPSA) is 9.23 Å². The van der Waals surface area contributed by atoms with E-state index in [-0.39, 0.29) is 0 Å². The fourth-order valence-electron chi connectivity index (χ4n) is 4.28. The van der Waals surface area contributed by atoms with Crippen LogP contribution < -0.4 is 0 Å². The number of ether oxygens (including phenoxy) is 1. The summed E-state index contributed by atoms with van der Waals surface area (Å²) < 4.78 is 6.22. The van der Waals surface area contributed by atoms with Crippen molar-refractivity contribution in [1.82, 2.24) is 0 Å². The summed E-state index contributed by atoms with van der Waals surface area (Å²) in [6.07, 6.45) is 4.99. The van der Waals surface area contributed by atoms with Crippen LogP contribution in [0, 0.1) is 23.2 Å². The number of rotatable bonds is 4. The number of fused-ring (bicyclic) bond motifs is 2. The van der Waals surface area contributed by atoms with Crippen molar-refractivity contribution < 1.29 is 4.74 Å². The van der Waals surface area contributed by atoms with Gasteiger partial charge in [0.05, 0.1) is 12.7 Å². The summed E-state index contributed by atoms with van der Waals surface area (Å²) in [6.45, 7) is 11.8. The largest absolute Gasteiger partial charge is 0.373 e. The van der Waals surface area contributed by atoms with Crippen LogP contribution in [0.4, 0.5) is 0 Å². The Hall–Kier alpha value is -1.08. The molecule has 108 valence electrons. The minimum atomic E-state index is 0.450. The molecule has 4 atom stereocenters. The maximum absolute atomic E-state index is 6.22. The molecule has 0 amide bonds. The lowest BCUT2D eigenvalue weighted by atomic mass is 9.45. The van der Waals surface area contributed by atoms with Crippen LogP contribution in [0.15, 0.2) is 30.8 Å². The minimum absolute atomic E-state index is 0.450. The van der Waals surface area contributed by atoms with Crippen LogP contribution in [-0.2, 0) is 11.3 Å². The second-order valence-electron chi connectivity index (χ2n) is 7.25. The van der Waals surface area contributed by atoms with Gasteiger partial charge in [0.15, 0.2) is 0 Å². The second kappa shape index (κ2) is 5.04. The molecule has 4 rings (SSSR count). The van der Waals surface area contributed by atoms with E-state index >= 15 is 0 Å². The highest BCUT2D eigenvalue weighted by molar-refractivity contribution is 5.47. The molecular formula is C19H26O. The van der Waals surface area contributed by atoms with Gasteiger partial charge in [-0.05, 0) is 47.1 Å². The maximum Gasteiger partial charge on any atom is 0.0720 e. The number of benzene rings is 1. The van der Waals surface area contributed by atoms with Crippen molar-refractivity contribution in [3.05, 3.63) is 42.0 Å². The van der Waals surface area contributed by atoms with Crippen molar-refractivity contribution in [3.63, 3.8) is 0 Å². The van der Waals surface area contributed by atoms with E-state index in [1.165, 1.54) is 24.0 Å². The van der Waals surface area contributed by atoms with Gasteiger partial charge in [-0.25, -0.2) is 0 Å². The Morgan fingerprint density at radius 2 is 1.95 bits per heavy atom. The SMILES string of the molecule is C=Cc1ccc(COC2CC3CC(C2C)C3(C)C)cc1. The Labute approximate surface area is 123 Å². The molecule has 1 aromatic carbocycles. The molecule has 0 N–H and O–H groups in total. The van der Waals surface area contributed by atoms with Crippen LogP contribution in [0.5, 0.6) is 0 Å². The quantitative estimate of drug-likeness (QED) is 0.754. The summed E-state index contributed by atoms with van der Waals surface area (Å²) in [5.74, 6) is 2.42. The van der Waals surface area contributed by atoms with Crippen LogP contribution in [0.25, 0.3) is 6.08 Å². The highest BCUT2D eigenvalue weighted by Gasteiger charge is 2.56. The summed E-state index contributed by atoms with van der Waals surface area (Å²) in [4.78, 5) is 0. The smallest absolute Gasteiger partial charge is 0.0720 e. The fourth-order valence-corrected chi connectivity index (χ4v) is 4.28. The molecule has 3 fully saturated rings. The van der Waals surface area contributed by atoms with Crippen molar-refractivity contribution in [2.75, 3.05) is 0 Å². The fraction of sp³-hybridized carbons (Fsp3) is 0.579. The Balaban J connectivity index is 1.58. The van der Waals surface area contributed by atoms with Gasteiger partial charge in [0, 0.05) is 0 Å². The van der Waals surface area contributed by atoms with Crippen molar-refractivity contribution in [3.8, 4) is 0 Å². The molecule has 1 aromatic rings. The third-order valence-electron chi connectivity index (χ3n) is 5.96. The highest BCUT2D eigenvalue weighted by Crippen LogP contribution is 2.61. The molecule has 0 saturated heterocycles. The summed E-state index contributed by atoms with van der Waals surface area (Å²) in [5.41, 5.74) is 2.98. The predicted molar refractivity (Wildman–Crippen MR) is 84.3 cm³/mol. The first-order valence-electron chi connectivity index (χ1n) is 7.85. The van der Waals surface area contributed by atoms with E-state index in [2.05, 4.69) is 51.6 Å². The van der Waals surface area contributed by atoms with Gasteiger partial charge >= 0.3 is 0 Å². The standard InChI is InChI=1S/C19H26O/c1-5-14-6-8-15(9-7-14)12-20-18-11-16-10-17(13(18)2)19(16,3)4/h5-9,13,16-18H,1,10-12H2,2-4H3.